The summed E-state index contributed by atoms with van der Waals surface area (Å²) in [6.45, 7) is 62.6. The first-order valence-electron chi connectivity index (χ1n) is 48.0. The average molecular weight is 2000 g/mol. The predicted molar refractivity (Wildman–Crippen MR) is 549 cm³/mol. The lowest BCUT2D eigenvalue weighted by Crippen LogP contribution is -2.69. The van der Waals surface area contributed by atoms with Crippen molar-refractivity contribution in [3.8, 4) is 11.8 Å². The maximum absolute atomic E-state index is 13.7. The maximum Gasteiger partial charge on any atom is 0.340 e. The van der Waals surface area contributed by atoms with E-state index in [-0.39, 0.29) is 81.9 Å². The Morgan fingerprint density at radius 1 is 0.541 bits per heavy atom. The summed E-state index contributed by atoms with van der Waals surface area (Å²) in [6.07, 6.45) is 6.31. The number of rotatable bonds is 37. The van der Waals surface area contributed by atoms with Crippen LogP contribution < -0.4 is 20.7 Å². The van der Waals surface area contributed by atoms with Crippen LogP contribution in [0.1, 0.15) is 267 Å². The monoisotopic (exact) mass is 2000 g/mol. The quantitative estimate of drug-likeness (QED) is 0.00948. The van der Waals surface area contributed by atoms with E-state index in [0.29, 0.717) is 47.5 Å². The number of halogens is 1. The van der Waals surface area contributed by atoms with Gasteiger partial charge in [-0.15, -0.1) is 5.92 Å². The minimum absolute atomic E-state index is 0.00255. The van der Waals surface area contributed by atoms with Crippen molar-refractivity contribution in [1.82, 2.24) is 9.80 Å². The van der Waals surface area contributed by atoms with Crippen molar-refractivity contribution in [2.24, 2.45) is 41.4 Å². The smallest absolute Gasteiger partial charge is 0.340 e. The summed E-state index contributed by atoms with van der Waals surface area (Å²) in [6, 6.07) is 42.7. The van der Waals surface area contributed by atoms with Gasteiger partial charge in [0.05, 0.1) is 64.6 Å². The fourth-order valence-electron chi connectivity index (χ4n) is 19.8. The number of allylic oxidation sites excluding steroid dienone is 2. The number of aliphatic hydroxyl groups is 3. The van der Waals surface area contributed by atoms with E-state index >= 15 is 0 Å². The van der Waals surface area contributed by atoms with Gasteiger partial charge in [-0.2, -0.15) is 0 Å². The van der Waals surface area contributed by atoms with Gasteiger partial charge in [-0.05, 0) is 230 Å². The number of ketones is 1. The molecule has 21 nitrogen and oxygen atoms in total. The van der Waals surface area contributed by atoms with Crippen LogP contribution in [0.3, 0.4) is 0 Å². The molecule has 22 atom stereocenters. The highest BCUT2D eigenvalue weighted by molar-refractivity contribution is 14.1. The largest absolute Gasteiger partial charge is 0.456 e. The normalized spacial score (nSPS) is 24.7. The second kappa shape index (κ2) is 49.2. The van der Waals surface area contributed by atoms with Crippen molar-refractivity contribution >= 4 is 84.0 Å². The number of hydrogen-bond donors (Lipinski definition) is 3. The van der Waals surface area contributed by atoms with Gasteiger partial charge in [-0.25, -0.2) is 9.59 Å². The summed E-state index contributed by atoms with van der Waals surface area (Å²) >= 11 is 2.25. The maximum atomic E-state index is 13.7. The van der Waals surface area contributed by atoms with E-state index in [1.165, 1.54) is 20.7 Å². The Hall–Kier alpha value is -6.08. The first-order valence-corrected chi connectivity index (χ1v) is 52.9. The molecule has 133 heavy (non-hydrogen) atoms. The molecular formula is C109H171IN2O19Si2. The third-order valence-corrected chi connectivity index (χ3v) is 37.8. The van der Waals surface area contributed by atoms with Crippen LogP contribution in [0, 0.1) is 53.3 Å². The van der Waals surface area contributed by atoms with Crippen LogP contribution in [-0.2, 0) is 75.4 Å². The molecule has 0 aromatic heterocycles. The van der Waals surface area contributed by atoms with Crippen LogP contribution >= 0.6 is 22.6 Å². The molecule has 0 bridgehead atoms. The molecule has 0 amide bonds. The Bertz CT molecular complexity index is 4460. The number of nitrogens with zero attached hydrogens (tertiary/aromatic N) is 2. The summed E-state index contributed by atoms with van der Waals surface area (Å²) in [5.41, 5.74) is -3.89. The lowest BCUT2D eigenvalue weighted by atomic mass is 9.78. The summed E-state index contributed by atoms with van der Waals surface area (Å²) in [5, 5.41) is 38.0. The molecule has 0 radical (unpaired) electrons. The van der Waals surface area contributed by atoms with Gasteiger partial charge < -0.3 is 86.1 Å². The average Bonchev–Trinajstić information content (AvgIpc) is 0.743. The van der Waals surface area contributed by atoms with E-state index in [2.05, 4.69) is 239 Å². The van der Waals surface area contributed by atoms with Crippen molar-refractivity contribution in [3.63, 3.8) is 0 Å². The van der Waals surface area contributed by atoms with Crippen molar-refractivity contribution in [1.29, 1.82) is 0 Å². The van der Waals surface area contributed by atoms with Crippen molar-refractivity contribution < 1.29 is 90.7 Å². The second-order valence-electron chi connectivity index (χ2n) is 42.4. The van der Waals surface area contributed by atoms with Gasteiger partial charge in [0.1, 0.15) is 29.0 Å². The van der Waals surface area contributed by atoms with E-state index < -0.39 is 105 Å². The molecule has 24 heteroatoms. The van der Waals surface area contributed by atoms with Crippen LogP contribution in [0.15, 0.2) is 165 Å². The molecule has 4 aliphatic rings. The fraction of sp³-hybridized carbons (Fsp3) is 0.651. The molecular weight excluding hydrogens is 1820 g/mol. The standard InChI is InChI=1S/C35H61NO8.C26H45NO7.C24H33IO2Si.C24H32O2Si/c1-16-22(4)34(11,39)18-20(2)28(37)21(3)19-35(12,40-15)30(25(7)29-26(8)31(38)44-33(9,10)43-29)42-32-24(6)27(36(13)14)17-23(5)41-32;1-15(14-28)13-26(8,30-11)22(18(4)21-19(5)23(29)34-25(6,7)33-21)32-24-17(3)20(27(9)10)12-16(2)31-24;1-7-22(24(6,26)18-19(2)25)27-28(23(3,4)5,20-14-10-8-11-15-20)21-16-12-9-13-17-21;1-7-19-24(6,25)22(8-2)26-27(23(3,4)5,20-15-11-9-12-16-20)21-17-13-10-14-18-21/h18,21-25,27,30,32,39H,16-17,19H2,1-15H3;14-18,20,22,24H,12-13H2,1-11H3;8-18,22,26H,7H2,1-6H3;9-18,22,25H,8H2,1-6H3/b20-18+;;19-18+;/t21-,22-,23?,24?,25+,27?,30-,32+,34+,35-;15-,16?,17?,18+,20?,22-,24+,26-;2*22-,24+/m1111/s1. The third-order valence-electron chi connectivity index (χ3n) is 27.4. The van der Waals surface area contributed by atoms with Crippen LogP contribution in [-0.4, -0.2) is 209 Å². The second-order valence-corrected chi connectivity index (χ2v) is 52.6. The number of carbonyl (C=O) groups is 4. The number of carbonyl (C=O) groups excluding carboxylic acids is 4. The number of benzene rings is 4. The molecule has 8 rings (SSSR count). The molecule has 0 spiro atoms. The van der Waals surface area contributed by atoms with Gasteiger partial charge in [0.15, 0.2) is 18.4 Å². The lowest BCUT2D eigenvalue weighted by Gasteiger charge is -2.48. The molecule has 746 valence electrons. The SMILES string of the molecule is CC#C[C@](C)(O)[C@@H](CC)O[Si](c1ccccc1)(c1ccccc1)C(C)(C)C.CC[C@@H](C)[C@@](C)(O)/C=C(\C)C(=O)[C@H](C)C[C@@](C)(OC)[C@H](O[C@@H]1OC(C)CC(N(C)C)C1C)[C@@H](C)C1=C(C)C(=O)OC(C)(C)O1.CC[C@@H](O[Si](c1ccccc1)(c1ccccc1)C(C)(C)C)[C@@](C)(O)/C=C(\C)I.CO[C@](C)(C[C@@H](C)C=O)[C@H](O[C@@H]1OC(C)CC(N(C)C)C1C)[C@@H](C)C1=C(C)C(=O)OC(C)(C)O1. The minimum atomic E-state index is -2.70. The zero-order chi connectivity index (χ0) is 101. The highest BCUT2D eigenvalue weighted by atomic mass is 127. The molecule has 0 saturated carbocycles. The van der Waals surface area contributed by atoms with Gasteiger partial charge in [-0.3, -0.25) is 4.79 Å². The van der Waals surface area contributed by atoms with Crippen LogP contribution in [0.4, 0.5) is 0 Å². The van der Waals surface area contributed by atoms with Crippen LogP contribution in [0.5, 0.6) is 0 Å². The number of methoxy groups -OCH3 is 2. The van der Waals surface area contributed by atoms with E-state index in [1.807, 2.05) is 113 Å². The van der Waals surface area contributed by atoms with Gasteiger partial charge >= 0.3 is 11.9 Å². The number of ether oxygens (including phenoxy) is 10. The first-order chi connectivity index (χ1) is 61.5. The molecule has 3 N–H and O–H groups in total. The van der Waals surface area contributed by atoms with Crippen molar-refractivity contribution in [2.75, 3.05) is 42.4 Å². The van der Waals surface area contributed by atoms with Crippen LogP contribution in [0.25, 0.3) is 0 Å². The Balaban J connectivity index is 0.000000320. The van der Waals surface area contributed by atoms with E-state index in [4.69, 9.17) is 56.2 Å². The van der Waals surface area contributed by atoms with Crippen molar-refractivity contribution in [2.45, 2.75) is 377 Å². The van der Waals surface area contributed by atoms with E-state index in [9.17, 15) is 34.5 Å². The molecule has 2 fully saturated rings. The van der Waals surface area contributed by atoms with E-state index in [1.54, 1.807) is 89.5 Å². The summed E-state index contributed by atoms with van der Waals surface area (Å²) in [7, 11) is 6.12. The van der Waals surface area contributed by atoms with Gasteiger partial charge in [-0.1, -0.05) is 244 Å². The highest BCUT2D eigenvalue weighted by Crippen LogP contribution is 2.47. The fourth-order valence-corrected chi connectivity index (χ4v) is 30.1. The lowest BCUT2D eigenvalue weighted by molar-refractivity contribution is -0.285. The van der Waals surface area contributed by atoms with Gasteiger partial charge in [0, 0.05) is 89.5 Å². The van der Waals surface area contributed by atoms with Gasteiger partial charge in [0.25, 0.3) is 16.6 Å². The third kappa shape index (κ3) is 30.0. The number of hydrogen-bond acceptors (Lipinski definition) is 21. The molecule has 0 aliphatic carbocycles. The molecule has 4 aliphatic heterocycles. The molecule has 6 unspecified atom stereocenters. The number of Topliss-reactive ketones (excluding diaryl/α,β-unsaturated/α-hetero) is 1. The number of esters is 2. The summed E-state index contributed by atoms with van der Waals surface area (Å²) in [4.78, 5) is 55.1. The Kier molecular flexibility index (Phi) is 43.4. The molecule has 4 aromatic rings. The molecule has 2 saturated heterocycles. The van der Waals surface area contributed by atoms with Crippen LogP contribution in [0.2, 0.25) is 10.1 Å². The topological polar surface area (TPSA) is 246 Å². The highest BCUT2D eigenvalue weighted by Gasteiger charge is 2.57. The summed E-state index contributed by atoms with van der Waals surface area (Å²) in [5.74, 6) is 2.22. The Morgan fingerprint density at radius 2 is 0.880 bits per heavy atom. The zero-order valence-corrected chi connectivity index (χ0v) is 92.3. The minimum Gasteiger partial charge on any atom is -0.456 e. The Morgan fingerprint density at radius 3 is 1.17 bits per heavy atom. The zero-order valence-electron chi connectivity index (χ0n) is 88.2. The van der Waals surface area contributed by atoms with E-state index in [0.717, 1.165) is 35.5 Å². The molecule has 4 aromatic carbocycles. The number of aldehydes is 1. The van der Waals surface area contributed by atoms with Crippen molar-refractivity contribution in [3.05, 3.63) is 165 Å². The Labute approximate surface area is 817 Å². The predicted octanol–water partition coefficient (Wildman–Crippen LogP) is 19.5. The first kappa shape index (κ1) is 117. The molecule has 4 heterocycles. The van der Waals surface area contributed by atoms with Gasteiger partial charge in [0.2, 0.25) is 11.6 Å². The summed E-state index contributed by atoms with van der Waals surface area (Å²) < 4.78 is 77.2. The number of cyclic esters (lactones) is 2.